The molecule has 2 N–H and O–H groups in total. The molecule has 22 rings (SSSR count). The van der Waals surface area contributed by atoms with Gasteiger partial charge in [0.25, 0.3) is 0 Å². The molecule has 14 aromatic carbocycles. The molecule has 10 nitrogen and oxygen atoms in total. The van der Waals surface area contributed by atoms with E-state index in [4.69, 9.17) is 41.5 Å². The largest absolute Gasteiger partial charge is 0.488 e. The fourth-order valence-electron chi connectivity index (χ4n) is 19.2. The highest BCUT2D eigenvalue weighted by molar-refractivity contribution is 6.58. The summed E-state index contributed by atoms with van der Waals surface area (Å²) >= 11 is 6.39. The van der Waals surface area contributed by atoms with Crippen molar-refractivity contribution in [1.82, 2.24) is 39.9 Å². The third-order valence-corrected chi connectivity index (χ3v) is 25.4. The van der Waals surface area contributed by atoms with Crippen LogP contribution >= 0.6 is 11.6 Å². The lowest BCUT2D eigenvalue weighted by Gasteiger charge is -2.24. The number of nitrogens with zero attached hydrogens (tertiary/aromatic N) is 8. The van der Waals surface area contributed by atoms with Crippen molar-refractivity contribution in [2.75, 3.05) is 0 Å². The lowest BCUT2D eigenvalue weighted by molar-refractivity contribution is 0.425. The van der Waals surface area contributed by atoms with Gasteiger partial charge in [0.1, 0.15) is 11.4 Å². The molecule has 12 heteroatoms. The Bertz CT molecular complexity index is 7100. The van der Waals surface area contributed by atoms with E-state index in [0.29, 0.717) is 40.3 Å². The maximum atomic E-state index is 9.61. The Labute approximate surface area is 692 Å². The van der Waals surface area contributed by atoms with Gasteiger partial charge in [-0.25, -0.2) is 29.9 Å². The van der Waals surface area contributed by atoms with Gasteiger partial charge in [-0.2, -0.15) is 9.97 Å². The lowest BCUT2D eigenvalue weighted by Crippen LogP contribution is -2.31. The lowest BCUT2D eigenvalue weighted by atomic mass is 9.75. The van der Waals surface area contributed by atoms with Crippen molar-refractivity contribution in [3.8, 4) is 124 Å². The van der Waals surface area contributed by atoms with Gasteiger partial charge in [-0.3, -0.25) is 0 Å². The fraction of sp³-hybridized carbons (Fsp3) is 0.132. The molecule has 0 radical (unpaired) electrons. The van der Waals surface area contributed by atoms with Gasteiger partial charge in [0.2, 0.25) is 5.28 Å². The van der Waals surface area contributed by atoms with Crippen LogP contribution in [0.4, 0.5) is 0 Å². The monoisotopic (exact) mass is 1540 g/mol. The van der Waals surface area contributed by atoms with E-state index >= 15 is 0 Å². The molecule has 0 amide bonds. The number of hydrogen-bond acceptors (Lipinski definition) is 10. The number of hydrogen-bond donors (Lipinski definition) is 2. The van der Waals surface area contributed by atoms with Gasteiger partial charge in [-0.05, 0) is 240 Å². The van der Waals surface area contributed by atoms with E-state index in [2.05, 4.69) is 320 Å². The summed E-state index contributed by atoms with van der Waals surface area (Å²) in [4.78, 5) is 39.2. The van der Waals surface area contributed by atoms with Crippen molar-refractivity contribution in [1.29, 1.82) is 0 Å². The molecule has 4 heterocycles. The van der Waals surface area contributed by atoms with Crippen LogP contribution in [0.5, 0.6) is 0 Å². The highest BCUT2D eigenvalue weighted by Gasteiger charge is 2.44. The smallest absolute Gasteiger partial charge is 0.423 e. The molecular formula is C106H82BClN8O2. The van der Waals surface area contributed by atoms with Crippen LogP contribution in [0, 0.1) is 13.8 Å². The van der Waals surface area contributed by atoms with Crippen LogP contribution in [0.25, 0.3) is 167 Å². The number of pyridine rings is 2. The zero-order valence-electron chi connectivity index (χ0n) is 67.3. The van der Waals surface area contributed by atoms with Crippen molar-refractivity contribution >= 4 is 67.3 Å². The van der Waals surface area contributed by atoms with Crippen molar-refractivity contribution in [2.45, 2.75) is 90.9 Å². The molecule has 18 aromatic rings. The number of aryl methyl sites for hydroxylation is 2. The van der Waals surface area contributed by atoms with Crippen molar-refractivity contribution in [2.24, 2.45) is 0 Å². The first kappa shape index (κ1) is 73.6. The van der Waals surface area contributed by atoms with Crippen molar-refractivity contribution < 1.29 is 10.0 Å². The fourth-order valence-corrected chi connectivity index (χ4v) is 19.3. The zero-order valence-corrected chi connectivity index (χ0v) is 68.1. The Kier molecular flexibility index (Phi) is 17.5. The Morgan fingerprint density at radius 1 is 0.237 bits per heavy atom. The van der Waals surface area contributed by atoms with E-state index in [1.165, 1.54) is 105 Å². The minimum absolute atomic E-state index is 0.0188. The van der Waals surface area contributed by atoms with Crippen molar-refractivity contribution in [3.05, 3.63) is 364 Å². The van der Waals surface area contributed by atoms with E-state index < -0.39 is 7.12 Å². The minimum atomic E-state index is -1.44. The highest BCUT2D eigenvalue weighted by Crippen LogP contribution is 2.59. The van der Waals surface area contributed by atoms with Crippen LogP contribution in [0.2, 0.25) is 5.28 Å². The van der Waals surface area contributed by atoms with Gasteiger partial charge in [0.05, 0.1) is 0 Å². The number of halogens is 1. The molecule has 568 valence electrons. The molecule has 0 unspecified atom stereocenters. The first-order valence-electron chi connectivity index (χ1n) is 40.4. The van der Waals surface area contributed by atoms with E-state index in [1.54, 1.807) is 0 Å². The minimum Gasteiger partial charge on any atom is -0.423 e. The molecule has 0 bridgehead atoms. The van der Waals surface area contributed by atoms with Crippen LogP contribution in [0.1, 0.15) is 111 Å². The number of rotatable bonds is 8. The first-order valence-corrected chi connectivity index (χ1v) is 40.7. The van der Waals surface area contributed by atoms with Crippen LogP contribution in [-0.4, -0.2) is 57.0 Å². The summed E-state index contributed by atoms with van der Waals surface area (Å²) in [7, 11) is -1.44. The number of aromatic nitrogens is 8. The molecule has 118 heavy (non-hydrogen) atoms. The second-order valence-electron chi connectivity index (χ2n) is 33.8. The first-order chi connectivity index (χ1) is 57.0. The summed E-state index contributed by atoms with van der Waals surface area (Å²) in [6, 6.07) is 107. The normalized spacial score (nSPS) is 14.1. The summed E-state index contributed by atoms with van der Waals surface area (Å²) < 4.78 is 0. The van der Waals surface area contributed by atoms with E-state index in [-0.39, 0.29) is 26.9 Å². The predicted molar refractivity (Wildman–Crippen MR) is 484 cm³/mol. The van der Waals surface area contributed by atoms with Gasteiger partial charge >= 0.3 is 7.12 Å². The molecular weight excluding hydrogens is 1460 g/mol. The summed E-state index contributed by atoms with van der Waals surface area (Å²) in [6.45, 7) is 22.5. The Morgan fingerprint density at radius 3 is 0.983 bits per heavy atom. The Balaban J connectivity index is 0.000000124. The van der Waals surface area contributed by atoms with Gasteiger partial charge in [-0.1, -0.05) is 304 Å². The third-order valence-electron chi connectivity index (χ3n) is 25.2. The molecule has 0 saturated carbocycles. The maximum absolute atomic E-state index is 9.61. The summed E-state index contributed by atoms with van der Waals surface area (Å²) in [5.41, 5.74) is 31.6. The summed E-state index contributed by atoms with van der Waals surface area (Å²) in [6.07, 6.45) is 0. The molecule has 4 aliphatic carbocycles. The van der Waals surface area contributed by atoms with Crippen LogP contribution in [-0.2, 0) is 21.7 Å². The van der Waals surface area contributed by atoms with Gasteiger partial charge in [0, 0.05) is 49.7 Å². The highest BCUT2D eigenvalue weighted by atomic mass is 35.5. The molecule has 4 aliphatic rings. The molecule has 0 aliphatic heterocycles. The Morgan fingerprint density at radius 2 is 0.542 bits per heavy atom. The van der Waals surface area contributed by atoms with E-state index in [0.717, 1.165) is 83.1 Å². The maximum Gasteiger partial charge on any atom is 0.488 e. The molecule has 4 aromatic heterocycles. The number of benzene rings is 14. The topological polar surface area (TPSA) is 144 Å². The van der Waals surface area contributed by atoms with Crippen LogP contribution < -0.4 is 5.46 Å². The number of fused-ring (bicyclic) bond motifs is 16. The SMILES string of the molecule is CC1(C)c2ccccc2-c2cc3c(cc21)-c1ccc(B(O)O)cc1C3(C)C.Cc1cc(-c2cccc3ccccc23)cc(-c2nc(-c3ccc4c(c3)C(C)(C)c3cc5c(cc3-4)C(C)(C)c3ccccc3-5)nc(-c3cccc4ccccc34)n2)n1.Cc1cc(-c2cccc3ccccc23)cc(-c2nc(Cl)nc(-c3cccc4ccccc34)n2)n1. The predicted octanol–water partition coefficient (Wildman–Crippen LogP) is 24.7. The third kappa shape index (κ3) is 12.2. The standard InChI is InChI=1S/C53H40N4.C29H19ClN4.C24H23BO2/c1-31-26-35(38-21-12-16-32-14-6-8-18-36(32)38)28-48(54-31)51-56-49(55-50(57-51)41-22-13-17-33-15-7-9-19-37(33)41)34-24-25-40-43-30-46-42(29-47(43)53(4,5)45(40)27-34)39-20-10-11-23-44(39)52(46,2)3;1-18-16-21(24-14-6-10-19-8-2-4-12-22(19)24)17-26(31-18)28-32-27(33-29(30)34-28)25-15-7-11-20-9-3-5-13-23(20)25;1-23(2)19-8-6-5-7-15(19)17-12-22-18(13-21(17)23)16-10-9-14(25(26)27)11-20(16)24(22,3)4/h6-30H,1-5H3;2-17H,1H3;5-13,26-27H,1-4H3. The van der Waals surface area contributed by atoms with Crippen molar-refractivity contribution in [3.63, 3.8) is 0 Å². The molecule has 0 atom stereocenters. The molecule has 0 fully saturated rings. The molecule has 0 spiro atoms. The van der Waals surface area contributed by atoms with E-state index in [1.807, 2.05) is 62.4 Å². The van der Waals surface area contributed by atoms with E-state index in [9.17, 15) is 10.0 Å². The second kappa shape index (κ2) is 28.0. The zero-order chi connectivity index (χ0) is 80.8. The molecule has 0 saturated heterocycles. The van der Waals surface area contributed by atoms with Gasteiger partial charge in [0.15, 0.2) is 29.1 Å². The summed E-state index contributed by atoms with van der Waals surface area (Å²) in [5.74, 6) is 2.79. The summed E-state index contributed by atoms with van der Waals surface area (Å²) in [5, 5.41) is 28.6. The Hall–Kier alpha value is -13.3. The average molecular weight is 1550 g/mol. The second-order valence-corrected chi connectivity index (χ2v) is 34.2. The van der Waals surface area contributed by atoms with Crippen LogP contribution in [0.3, 0.4) is 0 Å². The van der Waals surface area contributed by atoms with Gasteiger partial charge in [-0.15, -0.1) is 0 Å². The quantitative estimate of drug-likeness (QED) is 0.141. The van der Waals surface area contributed by atoms with Crippen LogP contribution in [0.15, 0.2) is 303 Å². The van der Waals surface area contributed by atoms with Gasteiger partial charge < -0.3 is 10.0 Å². The average Bonchev–Trinajstić information content (AvgIpc) is 1.55.